The van der Waals surface area contributed by atoms with Gasteiger partial charge in [-0.1, -0.05) is 0 Å². The van der Waals surface area contributed by atoms with Crippen molar-refractivity contribution in [1.29, 1.82) is 0 Å². The lowest BCUT2D eigenvalue weighted by Crippen LogP contribution is -1.98. The van der Waals surface area contributed by atoms with Crippen LogP contribution in [0.4, 0.5) is 11.4 Å². The van der Waals surface area contributed by atoms with Gasteiger partial charge in [-0.2, -0.15) is 18.4 Å². The van der Waals surface area contributed by atoms with Crippen LogP contribution in [0.5, 0.6) is 0 Å². The van der Waals surface area contributed by atoms with E-state index in [0.29, 0.717) is 5.56 Å². The van der Waals surface area contributed by atoms with Gasteiger partial charge in [0.1, 0.15) is 0 Å². The molecule has 0 saturated heterocycles. The first-order valence-corrected chi connectivity index (χ1v) is 6.43. The molecule has 0 amide bonds. The summed E-state index contributed by atoms with van der Waals surface area (Å²) >= 11 is 8.89. The van der Waals surface area contributed by atoms with Gasteiger partial charge in [0, 0.05) is 5.56 Å². The summed E-state index contributed by atoms with van der Waals surface area (Å²) in [5.41, 5.74) is 1.06. The van der Waals surface area contributed by atoms with Crippen molar-refractivity contribution in [2.45, 2.75) is 11.8 Å². The van der Waals surface area contributed by atoms with E-state index in [4.69, 9.17) is 4.55 Å². The normalized spacial score (nSPS) is 10.2. The van der Waals surface area contributed by atoms with Crippen LogP contribution in [0.1, 0.15) is 5.56 Å². The molecule has 1 N–H and O–H groups in total. The standard InChI is InChI=1S/C9H6N2O3S3/c1-6-8(10-4-15)2-7(17(12,13)14)3-9(6)11-5-16/h2-3H,1H3,(H,12,13,14). The van der Waals surface area contributed by atoms with Gasteiger partial charge >= 0.3 is 0 Å². The van der Waals surface area contributed by atoms with Crippen LogP contribution in [0.15, 0.2) is 27.0 Å². The Morgan fingerprint density at radius 2 is 1.59 bits per heavy atom. The van der Waals surface area contributed by atoms with Crippen LogP contribution < -0.4 is 0 Å². The molecule has 0 fully saturated rings. The molecule has 0 aliphatic rings. The Kier molecular flexibility index (Phi) is 4.36. The largest absolute Gasteiger partial charge is 0.294 e. The maximum Gasteiger partial charge on any atom is 0.294 e. The van der Waals surface area contributed by atoms with E-state index in [1.807, 2.05) is 0 Å². The fourth-order valence-electron chi connectivity index (χ4n) is 1.14. The summed E-state index contributed by atoms with van der Waals surface area (Å²) in [5, 5.41) is 4.23. The molecule has 88 valence electrons. The molecular weight excluding hydrogens is 280 g/mol. The van der Waals surface area contributed by atoms with E-state index in [0.717, 1.165) is 0 Å². The molecule has 8 heteroatoms. The summed E-state index contributed by atoms with van der Waals surface area (Å²) in [7, 11) is -4.34. The molecular formula is C9H6N2O3S3. The third kappa shape index (κ3) is 3.34. The Labute approximate surface area is 109 Å². The summed E-state index contributed by atoms with van der Waals surface area (Å²) in [5.74, 6) is 0. The second-order valence-electron chi connectivity index (χ2n) is 2.97. The molecule has 17 heavy (non-hydrogen) atoms. The van der Waals surface area contributed by atoms with Crippen LogP contribution in [0.25, 0.3) is 0 Å². The Balaban J connectivity index is 3.69. The number of rotatable bonds is 3. The topological polar surface area (TPSA) is 79.1 Å². The van der Waals surface area contributed by atoms with Crippen molar-refractivity contribution in [3.05, 3.63) is 17.7 Å². The van der Waals surface area contributed by atoms with E-state index < -0.39 is 10.1 Å². The minimum atomic E-state index is -4.34. The number of thiocarbonyl (C=S) groups is 2. The fourth-order valence-corrected chi connectivity index (χ4v) is 1.86. The second-order valence-corrected chi connectivity index (χ2v) is 4.75. The average molecular weight is 286 g/mol. The van der Waals surface area contributed by atoms with Crippen molar-refractivity contribution in [2.75, 3.05) is 0 Å². The molecule has 0 radical (unpaired) electrons. The van der Waals surface area contributed by atoms with E-state index in [2.05, 4.69) is 44.7 Å². The molecule has 5 nitrogen and oxygen atoms in total. The molecule has 0 heterocycles. The van der Waals surface area contributed by atoms with Gasteiger partial charge in [-0.05, 0) is 43.5 Å². The molecule has 0 saturated carbocycles. The van der Waals surface area contributed by atoms with Gasteiger partial charge in [-0.3, -0.25) is 4.55 Å². The van der Waals surface area contributed by atoms with Crippen molar-refractivity contribution >= 4 is 56.3 Å². The van der Waals surface area contributed by atoms with E-state index in [1.165, 1.54) is 12.1 Å². The van der Waals surface area contributed by atoms with Gasteiger partial charge in [-0.25, -0.2) is 0 Å². The highest BCUT2D eigenvalue weighted by molar-refractivity contribution is 7.85. The molecule has 1 aromatic rings. The van der Waals surface area contributed by atoms with E-state index >= 15 is 0 Å². The lowest BCUT2D eigenvalue weighted by molar-refractivity contribution is 0.483. The Morgan fingerprint density at radius 1 is 1.18 bits per heavy atom. The predicted octanol–water partition coefficient (Wildman–Crippen LogP) is 2.71. The van der Waals surface area contributed by atoms with Gasteiger partial charge in [0.15, 0.2) is 0 Å². The molecule has 0 aromatic heterocycles. The first-order chi connectivity index (χ1) is 7.90. The number of isothiocyanates is 2. The first kappa shape index (κ1) is 13.8. The van der Waals surface area contributed by atoms with Crippen molar-refractivity contribution in [3.63, 3.8) is 0 Å². The molecule has 0 bridgehead atoms. The molecule has 0 aliphatic carbocycles. The summed E-state index contributed by atoms with van der Waals surface area (Å²) in [6.45, 7) is 1.66. The van der Waals surface area contributed by atoms with Crippen LogP contribution in [-0.2, 0) is 10.1 Å². The zero-order valence-corrected chi connectivity index (χ0v) is 11.0. The highest BCUT2D eigenvalue weighted by atomic mass is 32.2. The third-order valence-corrected chi connectivity index (χ3v) is 2.97. The van der Waals surface area contributed by atoms with Crippen LogP contribution in [-0.4, -0.2) is 23.3 Å². The monoisotopic (exact) mass is 286 g/mol. The van der Waals surface area contributed by atoms with Crippen molar-refractivity contribution in [3.8, 4) is 0 Å². The predicted molar refractivity (Wildman–Crippen MR) is 70.4 cm³/mol. The lowest BCUT2D eigenvalue weighted by Gasteiger charge is -2.05. The van der Waals surface area contributed by atoms with Crippen LogP contribution in [0.3, 0.4) is 0 Å². The number of nitrogens with zero attached hydrogens (tertiary/aromatic N) is 2. The Morgan fingerprint density at radius 3 is 1.88 bits per heavy atom. The maximum atomic E-state index is 11.0. The highest BCUT2D eigenvalue weighted by Gasteiger charge is 2.14. The van der Waals surface area contributed by atoms with Crippen LogP contribution in [0, 0.1) is 6.92 Å². The van der Waals surface area contributed by atoms with Crippen LogP contribution >= 0.6 is 24.4 Å². The zero-order chi connectivity index (χ0) is 13.1. The van der Waals surface area contributed by atoms with Gasteiger partial charge < -0.3 is 0 Å². The molecule has 1 aromatic carbocycles. The maximum absolute atomic E-state index is 11.0. The van der Waals surface area contributed by atoms with E-state index in [-0.39, 0.29) is 16.3 Å². The summed E-state index contributed by atoms with van der Waals surface area (Å²) < 4.78 is 31.0. The van der Waals surface area contributed by atoms with Gasteiger partial charge in [0.25, 0.3) is 10.1 Å². The Bertz CT molecular complexity index is 615. The smallest absolute Gasteiger partial charge is 0.282 e. The SMILES string of the molecule is Cc1c(N=C=S)cc(S(=O)(=O)O)cc1N=C=S. The summed E-state index contributed by atoms with van der Waals surface area (Å²) in [6, 6.07) is 2.35. The minimum absolute atomic E-state index is 0.249. The van der Waals surface area contributed by atoms with Crippen molar-refractivity contribution < 1.29 is 13.0 Å². The minimum Gasteiger partial charge on any atom is -0.282 e. The number of hydrogen-bond donors (Lipinski definition) is 1. The zero-order valence-electron chi connectivity index (χ0n) is 8.54. The van der Waals surface area contributed by atoms with Crippen LogP contribution in [0.2, 0.25) is 0 Å². The molecule has 0 spiro atoms. The molecule has 0 unspecified atom stereocenters. The number of hydrogen-bond acceptors (Lipinski definition) is 6. The van der Waals surface area contributed by atoms with Crippen molar-refractivity contribution in [1.82, 2.24) is 0 Å². The molecule has 0 aliphatic heterocycles. The number of benzene rings is 1. The van der Waals surface area contributed by atoms with Gasteiger partial charge in [0.05, 0.1) is 26.6 Å². The first-order valence-electron chi connectivity index (χ1n) is 4.18. The molecule has 1 rings (SSSR count). The molecule has 0 atom stereocenters. The quantitative estimate of drug-likeness (QED) is 0.525. The fraction of sp³-hybridized carbons (Fsp3) is 0.111. The third-order valence-electron chi connectivity index (χ3n) is 1.96. The summed E-state index contributed by atoms with van der Waals surface area (Å²) in [4.78, 5) is 7.04. The van der Waals surface area contributed by atoms with Crippen molar-refractivity contribution in [2.24, 2.45) is 9.98 Å². The Hall–Kier alpha value is -1.27. The highest BCUT2D eigenvalue weighted by Crippen LogP contribution is 2.31. The lowest BCUT2D eigenvalue weighted by atomic mass is 10.1. The summed E-state index contributed by atoms with van der Waals surface area (Å²) in [6.07, 6.45) is 0. The van der Waals surface area contributed by atoms with Gasteiger partial charge in [0.2, 0.25) is 0 Å². The average Bonchev–Trinajstić information content (AvgIpc) is 2.22. The van der Waals surface area contributed by atoms with Gasteiger partial charge in [-0.15, -0.1) is 0 Å². The number of aliphatic imine (C=N–C) groups is 2. The van der Waals surface area contributed by atoms with E-state index in [1.54, 1.807) is 6.92 Å². The van der Waals surface area contributed by atoms with E-state index in [9.17, 15) is 8.42 Å². The second kappa shape index (κ2) is 5.37.